The third-order valence-electron chi connectivity index (χ3n) is 7.19. The van der Waals surface area contributed by atoms with Crippen LogP contribution in [-0.2, 0) is 31.9 Å². The van der Waals surface area contributed by atoms with Crippen molar-refractivity contribution in [3.8, 4) is 28.6 Å². The van der Waals surface area contributed by atoms with Crippen molar-refractivity contribution < 1.29 is 25.8 Å². The van der Waals surface area contributed by atoms with Gasteiger partial charge in [0.2, 0.25) is 5.88 Å². The summed E-state index contributed by atoms with van der Waals surface area (Å²) in [6.45, 7) is 13.1. The molecule has 0 radical (unpaired) electrons. The quantitative estimate of drug-likeness (QED) is 0.171. The van der Waals surface area contributed by atoms with Crippen LogP contribution in [0, 0.1) is 12.1 Å². The molecule has 6 aromatic rings. The maximum Gasteiger partial charge on any atom is 2.00 e. The second-order valence-corrected chi connectivity index (χ2v) is 12.3. The molecule has 5 heteroatoms. The maximum atomic E-state index is 6.15. The van der Waals surface area contributed by atoms with E-state index in [0.29, 0.717) is 11.6 Å². The summed E-state index contributed by atoms with van der Waals surface area (Å²) in [5.74, 6) is 2.06. The molecule has 0 aliphatic rings. The van der Waals surface area contributed by atoms with Crippen molar-refractivity contribution in [2.45, 2.75) is 52.4 Å². The number of aromatic nitrogens is 3. The zero-order valence-electron chi connectivity index (χ0n) is 24.2. The molecular weight excluding hydrogens is 685 g/mol. The number of para-hydroxylation sites is 1. The van der Waals surface area contributed by atoms with Gasteiger partial charge in [0.15, 0.2) is 0 Å². The molecule has 0 spiro atoms. The van der Waals surface area contributed by atoms with Crippen LogP contribution in [0.5, 0.6) is 11.6 Å². The summed E-state index contributed by atoms with van der Waals surface area (Å²) in [4.78, 5) is 9.51. The van der Waals surface area contributed by atoms with Crippen molar-refractivity contribution >= 4 is 21.8 Å². The third kappa shape index (κ3) is 5.72. The van der Waals surface area contributed by atoms with Gasteiger partial charge in [-0.2, -0.15) is 24.3 Å². The Labute approximate surface area is 256 Å². The number of nitrogens with zero attached hydrogens (tertiary/aromatic N) is 3. The van der Waals surface area contributed by atoms with Crippen LogP contribution in [0.3, 0.4) is 0 Å². The summed E-state index contributed by atoms with van der Waals surface area (Å²) in [5, 5.41) is 2.31. The molecule has 3 aromatic heterocycles. The summed E-state index contributed by atoms with van der Waals surface area (Å²) < 4.78 is 8.37. The fraction of sp³-hybridized carbons (Fsp3) is 0.222. The van der Waals surface area contributed by atoms with Gasteiger partial charge < -0.3 is 9.30 Å². The summed E-state index contributed by atoms with van der Waals surface area (Å²) >= 11 is 0. The van der Waals surface area contributed by atoms with Gasteiger partial charge in [0.25, 0.3) is 0 Å². The molecule has 0 saturated heterocycles. The van der Waals surface area contributed by atoms with E-state index in [1.54, 1.807) is 6.20 Å². The first-order chi connectivity index (χ1) is 19.1. The van der Waals surface area contributed by atoms with E-state index in [0.717, 1.165) is 39.1 Å². The Hall–Kier alpha value is -3.75. The average Bonchev–Trinajstić information content (AvgIpc) is 3.26. The SMILES string of the molecule is CC(C)(C)c1ccnc(Oc2[c-]c(-c3[c-]c4c(cc3)c3ccccc3n4-c3cccc(C(C)(C)C)n3)ccc2)c1.[Pt+2]. The Balaban J connectivity index is 0.00000337. The number of fused-ring (bicyclic) bond motifs is 3. The zero-order chi connectivity index (χ0) is 28.1. The molecule has 0 unspecified atom stereocenters. The Morgan fingerprint density at radius 1 is 0.707 bits per heavy atom. The third-order valence-corrected chi connectivity index (χ3v) is 7.19. The van der Waals surface area contributed by atoms with E-state index < -0.39 is 0 Å². The van der Waals surface area contributed by atoms with Crippen molar-refractivity contribution in [3.63, 3.8) is 0 Å². The van der Waals surface area contributed by atoms with Gasteiger partial charge in [-0.3, -0.25) is 0 Å². The van der Waals surface area contributed by atoms with E-state index in [4.69, 9.17) is 9.72 Å². The van der Waals surface area contributed by atoms with E-state index in [9.17, 15) is 0 Å². The van der Waals surface area contributed by atoms with E-state index >= 15 is 0 Å². The second-order valence-electron chi connectivity index (χ2n) is 12.3. The van der Waals surface area contributed by atoms with Gasteiger partial charge in [-0.15, -0.1) is 18.2 Å². The number of hydrogen-bond acceptors (Lipinski definition) is 3. The molecule has 6 rings (SSSR count). The molecule has 0 N–H and O–H groups in total. The smallest absolute Gasteiger partial charge is 0.460 e. The van der Waals surface area contributed by atoms with Gasteiger partial charge >= 0.3 is 21.1 Å². The number of ether oxygens (including phenoxy) is 1. The van der Waals surface area contributed by atoms with Gasteiger partial charge in [0.05, 0.1) is 0 Å². The average molecular weight is 719 g/mol. The van der Waals surface area contributed by atoms with Gasteiger partial charge in [0, 0.05) is 34.6 Å². The zero-order valence-corrected chi connectivity index (χ0v) is 26.5. The Morgan fingerprint density at radius 3 is 2.24 bits per heavy atom. The van der Waals surface area contributed by atoms with Crippen LogP contribution in [0.1, 0.15) is 52.8 Å². The fourth-order valence-corrected chi connectivity index (χ4v) is 4.96. The van der Waals surface area contributed by atoms with Crippen LogP contribution in [0.15, 0.2) is 91.1 Å². The monoisotopic (exact) mass is 718 g/mol. The molecule has 0 saturated carbocycles. The van der Waals surface area contributed by atoms with E-state index in [-0.39, 0.29) is 31.9 Å². The van der Waals surface area contributed by atoms with E-state index in [1.807, 2.05) is 30.3 Å². The maximum absolute atomic E-state index is 6.15. The fourth-order valence-electron chi connectivity index (χ4n) is 4.96. The molecule has 0 bridgehead atoms. The van der Waals surface area contributed by atoms with Crippen molar-refractivity contribution in [1.29, 1.82) is 0 Å². The number of hydrogen-bond donors (Lipinski definition) is 0. The molecule has 208 valence electrons. The number of pyridine rings is 2. The Morgan fingerprint density at radius 2 is 1.46 bits per heavy atom. The van der Waals surface area contributed by atoms with Gasteiger partial charge in [-0.05, 0) is 46.1 Å². The summed E-state index contributed by atoms with van der Waals surface area (Å²) in [6.07, 6.45) is 1.79. The van der Waals surface area contributed by atoms with E-state index in [1.165, 1.54) is 10.9 Å². The molecule has 0 aliphatic heterocycles. The minimum Gasteiger partial charge on any atom is -0.460 e. The summed E-state index contributed by atoms with van der Waals surface area (Å²) in [7, 11) is 0. The first-order valence-corrected chi connectivity index (χ1v) is 13.7. The largest absolute Gasteiger partial charge is 2.00 e. The first-order valence-electron chi connectivity index (χ1n) is 13.7. The predicted octanol–water partition coefficient (Wildman–Crippen LogP) is 9.23. The number of rotatable bonds is 4. The molecule has 3 heterocycles. The summed E-state index contributed by atoms with van der Waals surface area (Å²) in [6, 6.07) is 36.1. The standard InChI is InChI=1S/C36H33N3O.Pt/c1-35(2,3)26-19-20-37-34(23-26)40-27-12-9-11-24(21-27)25-17-18-29-28-13-7-8-14-30(28)39(31(29)22-25)33-16-10-15-32(38-33)36(4,5)6;/h7-20,23H,1-6H3;/q-2;+2. The van der Waals surface area contributed by atoms with Crippen molar-refractivity contribution in [2.24, 2.45) is 0 Å². The molecule has 41 heavy (non-hydrogen) atoms. The molecule has 0 aliphatic carbocycles. The summed E-state index contributed by atoms with van der Waals surface area (Å²) in [5.41, 5.74) is 6.10. The molecule has 0 amide bonds. The molecular formula is C36H33N3OPt. The van der Waals surface area contributed by atoms with Crippen LogP contribution in [0.25, 0.3) is 38.8 Å². The molecule has 3 aromatic carbocycles. The van der Waals surface area contributed by atoms with Crippen LogP contribution in [0.2, 0.25) is 0 Å². The number of benzene rings is 3. The normalized spacial score (nSPS) is 12.0. The predicted molar refractivity (Wildman–Crippen MR) is 163 cm³/mol. The Bertz CT molecular complexity index is 1860. The van der Waals surface area contributed by atoms with Crippen molar-refractivity contribution in [3.05, 3.63) is 115 Å². The minimum absolute atomic E-state index is 0. The van der Waals surface area contributed by atoms with Crippen LogP contribution in [-0.4, -0.2) is 14.5 Å². The first kappa shape index (κ1) is 28.8. The molecule has 4 nitrogen and oxygen atoms in total. The molecule has 0 fully saturated rings. The van der Waals surface area contributed by atoms with Crippen LogP contribution >= 0.6 is 0 Å². The second kappa shape index (κ2) is 10.9. The van der Waals surface area contributed by atoms with Crippen molar-refractivity contribution in [1.82, 2.24) is 14.5 Å². The topological polar surface area (TPSA) is 39.9 Å². The minimum atomic E-state index is -0.0553. The van der Waals surface area contributed by atoms with Gasteiger partial charge in [0.1, 0.15) is 5.82 Å². The van der Waals surface area contributed by atoms with Gasteiger partial charge in [-0.25, -0.2) is 21.1 Å². The van der Waals surface area contributed by atoms with E-state index in [2.05, 4.69) is 118 Å². The van der Waals surface area contributed by atoms with Crippen LogP contribution in [0.4, 0.5) is 0 Å². The Kier molecular flexibility index (Phi) is 7.65. The molecule has 0 atom stereocenters. The van der Waals surface area contributed by atoms with Crippen LogP contribution < -0.4 is 4.74 Å². The van der Waals surface area contributed by atoms with Crippen molar-refractivity contribution in [2.75, 3.05) is 0 Å². The van der Waals surface area contributed by atoms with Gasteiger partial charge in [-0.1, -0.05) is 71.2 Å².